The summed E-state index contributed by atoms with van der Waals surface area (Å²) in [7, 11) is 0. The summed E-state index contributed by atoms with van der Waals surface area (Å²) in [6.45, 7) is 7.51. The fourth-order valence-electron chi connectivity index (χ4n) is 10.1. The highest BCUT2D eigenvalue weighted by Gasteiger charge is 2.73. The first-order valence-corrected chi connectivity index (χ1v) is 13.8. The van der Waals surface area contributed by atoms with Crippen LogP contribution in [-0.2, 0) is 4.79 Å². The topological polar surface area (TPSA) is 52.9 Å². The number of nitriles is 1. The van der Waals surface area contributed by atoms with E-state index in [-0.39, 0.29) is 23.4 Å². The molecule has 0 aliphatic heterocycles. The normalized spacial score (nSPS) is 46.3. The van der Waals surface area contributed by atoms with Crippen LogP contribution in [0.2, 0.25) is 0 Å². The lowest BCUT2D eigenvalue weighted by Gasteiger charge is -2.57. The Hall–Kier alpha value is -1.89. The van der Waals surface area contributed by atoms with Crippen LogP contribution in [-0.4, -0.2) is 12.3 Å². The monoisotopic (exact) mass is 462 g/mol. The highest BCUT2D eigenvalue weighted by atomic mass is 19.1. The van der Waals surface area contributed by atoms with Crippen LogP contribution in [0, 0.1) is 81.7 Å². The van der Waals surface area contributed by atoms with E-state index in [2.05, 4.69) is 26.1 Å². The summed E-state index contributed by atoms with van der Waals surface area (Å²) in [5.41, 5.74) is 0.947. The van der Waals surface area contributed by atoms with Crippen LogP contribution in [0.5, 0.6) is 0 Å². The van der Waals surface area contributed by atoms with Gasteiger partial charge >= 0.3 is 0 Å². The fraction of sp³-hybridized carbons (Fsp3) is 0.733. The Bertz CT molecular complexity index is 1030. The summed E-state index contributed by atoms with van der Waals surface area (Å²) in [6, 6.07) is 6.22. The number of benzene rings is 1. The third-order valence-electron chi connectivity index (χ3n) is 11.4. The van der Waals surface area contributed by atoms with E-state index in [0.29, 0.717) is 29.2 Å². The van der Waals surface area contributed by atoms with Gasteiger partial charge in [0, 0.05) is 5.92 Å². The first kappa shape index (κ1) is 22.6. The van der Waals surface area contributed by atoms with E-state index in [4.69, 9.17) is 0 Å². The van der Waals surface area contributed by atoms with Crippen molar-refractivity contribution in [1.29, 1.82) is 5.26 Å². The SMILES string of the molecule is C[C@H]1CC[C@H]2[C@H](CC[C@H]3C4[C@@H]5[C@H](C)[C@@H]5[C@H](C(=O)CNc5ccc(F)cc5C#N)[C@@]4(C)CC[C@H]23)C1. The number of hydrogen-bond acceptors (Lipinski definition) is 3. The summed E-state index contributed by atoms with van der Waals surface area (Å²) in [4.78, 5) is 13.7. The number of anilines is 1. The van der Waals surface area contributed by atoms with Crippen LogP contribution >= 0.6 is 0 Å². The molecule has 3 nitrogen and oxygen atoms in total. The predicted octanol–water partition coefficient (Wildman–Crippen LogP) is 6.69. The Balaban J connectivity index is 1.21. The summed E-state index contributed by atoms with van der Waals surface area (Å²) in [6.07, 6.45) is 9.60. The average molecular weight is 463 g/mol. The molecule has 4 heteroatoms. The molecule has 34 heavy (non-hydrogen) atoms. The van der Waals surface area contributed by atoms with Crippen molar-refractivity contribution in [2.45, 2.75) is 65.7 Å². The molecule has 0 radical (unpaired) electrons. The lowest BCUT2D eigenvalue weighted by atomic mass is 9.47. The zero-order valence-electron chi connectivity index (χ0n) is 20.9. The number of Topliss-reactive ketones (excluding diaryl/α,β-unsaturated/α-hetero) is 1. The van der Waals surface area contributed by atoms with Gasteiger partial charge in [-0.25, -0.2) is 4.39 Å². The van der Waals surface area contributed by atoms with Gasteiger partial charge in [-0.05, 0) is 115 Å². The molecular formula is C30H39FN2O. The second-order valence-corrected chi connectivity index (χ2v) is 12.9. The summed E-state index contributed by atoms with van der Waals surface area (Å²) in [5, 5.41) is 12.6. The van der Waals surface area contributed by atoms with Crippen LogP contribution in [0.1, 0.15) is 71.3 Å². The van der Waals surface area contributed by atoms with Crippen molar-refractivity contribution in [3.05, 3.63) is 29.6 Å². The van der Waals surface area contributed by atoms with Crippen molar-refractivity contribution in [2.75, 3.05) is 11.9 Å². The molecule has 1 N–H and O–H groups in total. The molecule has 182 valence electrons. The zero-order chi connectivity index (χ0) is 23.8. The van der Waals surface area contributed by atoms with Gasteiger partial charge in [0.15, 0.2) is 5.78 Å². The summed E-state index contributed by atoms with van der Waals surface area (Å²) >= 11 is 0. The van der Waals surface area contributed by atoms with Gasteiger partial charge in [-0.3, -0.25) is 4.79 Å². The number of carbonyl (C=O) groups is 1. The molecule has 0 aromatic heterocycles. The van der Waals surface area contributed by atoms with Crippen molar-refractivity contribution in [3.8, 4) is 6.07 Å². The van der Waals surface area contributed by atoms with Crippen molar-refractivity contribution >= 4 is 11.5 Å². The maximum absolute atomic E-state index is 13.7. The van der Waals surface area contributed by atoms with Gasteiger partial charge < -0.3 is 5.32 Å². The molecule has 1 aromatic rings. The molecule has 5 aliphatic rings. The number of hydrogen-bond donors (Lipinski definition) is 1. The second kappa shape index (κ2) is 8.07. The van der Waals surface area contributed by atoms with E-state index in [9.17, 15) is 14.4 Å². The van der Waals surface area contributed by atoms with E-state index in [0.717, 1.165) is 35.5 Å². The molecule has 1 unspecified atom stereocenters. The first-order valence-electron chi connectivity index (χ1n) is 13.8. The molecule has 0 spiro atoms. The number of ketones is 1. The van der Waals surface area contributed by atoms with Crippen LogP contribution in [0.4, 0.5) is 10.1 Å². The first-order chi connectivity index (χ1) is 16.3. The van der Waals surface area contributed by atoms with E-state index in [1.165, 1.54) is 57.1 Å². The van der Waals surface area contributed by atoms with Crippen LogP contribution < -0.4 is 5.32 Å². The largest absolute Gasteiger partial charge is 0.377 e. The molecular weight excluding hydrogens is 423 g/mol. The molecule has 5 saturated carbocycles. The van der Waals surface area contributed by atoms with Gasteiger partial charge in [-0.15, -0.1) is 0 Å². The minimum absolute atomic E-state index is 0.122. The lowest BCUT2D eigenvalue weighted by Crippen LogP contribution is -2.51. The molecule has 0 bridgehead atoms. The number of carbonyl (C=O) groups excluding carboxylic acids is 1. The van der Waals surface area contributed by atoms with E-state index in [1.54, 1.807) is 6.07 Å². The predicted molar refractivity (Wildman–Crippen MR) is 131 cm³/mol. The van der Waals surface area contributed by atoms with Crippen molar-refractivity contribution in [1.82, 2.24) is 0 Å². The minimum Gasteiger partial charge on any atom is -0.377 e. The second-order valence-electron chi connectivity index (χ2n) is 12.9. The number of nitrogens with zero attached hydrogens (tertiary/aromatic N) is 1. The molecule has 5 fully saturated rings. The molecule has 11 atom stereocenters. The van der Waals surface area contributed by atoms with Gasteiger partial charge in [0.05, 0.1) is 17.8 Å². The van der Waals surface area contributed by atoms with Crippen molar-refractivity contribution in [2.24, 2.45) is 64.6 Å². The van der Waals surface area contributed by atoms with Crippen LogP contribution in [0.25, 0.3) is 0 Å². The van der Waals surface area contributed by atoms with Gasteiger partial charge in [0.2, 0.25) is 0 Å². The number of fused-ring (bicyclic) bond motifs is 7. The maximum atomic E-state index is 13.7. The quantitative estimate of drug-likeness (QED) is 0.543. The highest BCUT2D eigenvalue weighted by molar-refractivity contribution is 5.87. The van der Waals surface area contributed by atoms with Gasteiger partial charge in [0.1, 0.15) is 11.9 Å². The third-order valence-corrected chi connectivity index (χ3v) is 11.4. The summed E-state index contributed by atoms with van der Waals surface area (Å²) in [5.74, 6) is 7.15. The molecule has 5 aliphatic carbocycles. The molecule has 1 aromatic carbocycles. The van der Waals surface area contributed by atoms with E-state index < -0.39 is 5.82 Å². The highest BCUT2D eigenvalue weighted by Crippen LogP contribution is 2.76. The number of halogens is 1. The number of nitrogens with one attached hydrogen (secondary N) is 1. The average Bonchev–Trinajstić information content (AvgIpc) is 3.34. The smallest absolute Gasteiger partial charge is 0.155 e. The number of rotatable bonds is 4. The third kappa shape index (κ3) is 3.29. The lowest BCUT2D eigenvalue weighted by molar-refractivity contribution is -0.132. The Kier molecular flexibility index (Phi) is 5.36. The van der Waals surface area contributed by atoms with Crippen molar-refractivity contribution < 1.29 is 9.18 Å². The minimum atomic E-state index is -0.423. The van der Waals surface area contributed by atoms with E-state index in [1.807, 2.05) is 6.07 Å². The standard InChI is InChI=1S/C30H39FN2O/c1-16-4-7-21-18(12-16)5-8-23-22(21)10-11-30(3)28(23)26-17(2)27(26)29(30)25(34)15-33-24-9-6-20(31)13-19(24)14-32/h6,9,13,16-18,21-23,26-29,33H,4-5,7-8,10-12,15H2,1-3H3/t16-,17-,18+,21-,22+,23+,26+,27-,28?,29-,30-/m0/s1. The molecule has 0 saturated heterocycles. The molecule has 0 heterocycles. The van der Waals surface area contributed by atoms with Gasteiger partial charge in [0.25, 0.3) is 0 Å². The zero-order valence-corrected chi connectivity index (χ0v) is 20.9. The van der Waals surface area contributed by atoms with Crippen LogP contribution in [0.3, 0.4) is 0 Å². The Morgan fingerprint density at radius 1 is 1.12 bits per heavy atom. The van der Waals surface area contributed by atoms with Gasteiger partial charge in [-0.1, -0.05) is 27.2 Å². The Morgan fingerprint density at radius 2 is 1.91 bits per heavy atom. The molecule has 6 rings (SSSR count). The fourth-order valence-corrected chi connectivity index (χ4v) is 10.1. The molecule has 0 amide bonds. The Morgan fingerprint density at radius 3 is 2.71 bits per heavy atom. The maximum Gasteiger partial charge on any atom is 0.155 e. The van der Waals surface area contributed by atoms with Gasteiger partial charge in [-0.2, -0.15) is 5.26 Å². The summed E-state index contributed by atoms with van der Waals surface area (Å²) < 4.78 is 13.5. The Labute approximate surface area is 203 Å². The van der Waals surface area contributed by atoms with E-state index >= 15 is 0 Å². The van der Waals surface area contributed by atoms with Crippen molar-refractivity contribution in [3.63, 3.8) is 0 Å². The van der Waals surface area contributed by atoms with Crippen LogP contribution in [0.15, 0.2) is 18.2 Å².